The molecule has 1 aliphatic rings. The summed E-state index contributed by atoms with van der Waals surface area (Å²) in [6.45, 7) is 12.0. The van der Waals surface area contributed by atoms with Crippen LogP contribution in [0.1, 0.15) is 44.9 Å². The Hall–Kier alpha value is -1.09. The topological polar surface area (TPSA) is 28.2 Å². The number of rotatable bonds is 5. The van der Waals surface area contributed by atoms with Gasteiger partial charge in [0.15, 0.2) is 0 Å². The molecule has 2 rings (SSSR count). The van der Waals surface area contributed by atoms with Crippen molar-refractivity contribution in [1.29, 1.82) is 0 Å². The van der Waals surface area contributed by atoms with Crippen LogP contribution in [-0.4, -0.2) is 24.1 Å². The molecule has 0 radical (unpaired) electrons. The van der Waals surface area contributed by atoms with E-state index in [1.165, 1.54) is 30.6 Å². The number of aromatic nitrogens is 1. The van der Waals surface area contributed by atoms with E-state index in [0.717, 1.165) is 18.8 Å². The molecule has 19 heavy (non-hydrogen) atoms. The number of nitrogens with one attached hydrogen (secondary N) is 1. The highest BCUT2D eigenvalue weighted by Crippen LogP contribution is 2.32. The van der Waals surface area contributed by atoms with Crippen LogP contribution in [-0.2, 0) is 6.54 Å². The van der Waals surface area contributed by atoms with Gasteiger partial charge in [-0.3, -0.25) is 4.98 Å². The van der Waals surface area contributed by atoms with Gasteiger partial charge < -0.3 is 10.2 Å². The monoisotopic (exact) mass is 261 g/mol. The van der Waals surface area contributed by atoms with E-state index >= 15 is 0 Å². The van der Waals surface area contributed by atoms with Crippen molar-refractivity contribution in [2.45, 2.75) is 53.1 Å². The Balaban J connectivity index is 2.28. The summed E-state index contributed by atoms with van der Waals surface area (Å²) in [4.78, 5) is 7.07. The zero-order chi connectivity index (χ0) is 13.8. The molecule has 0 saturated carbocycles. The van der Waals surface area contributed by atoms with Crippen molar-refractivity contribution in [2.75, 3.05) is 18.0 Å². The predicted molar refractivity (Wildman–Crippen MR) is 81.6 cm³/mol. The van der Waals surface area contributed by atoms with Gasteiger partial charge in [0.05, 0.1) is 0 Å². The molecule has 0 bridgehead atoms. The van der Waals surface area contributed by atoms with E-state index in [0.29, 0.717) is 12.0 Å². The maximum Gasteiger partial charge on any atom is 0.0448 e. The van der Waals surface area contributed by atoms with E-state index in [9.17, 15) is 0 Å². The maximum atomic E-state index is 4.47. The van der Waals surface area contributed by atoms with Gasteiger partial charge in [0, 0.05) is 42.3 Å². The third-order valence-electron chi connectivity index (χ3n) is 4.04. The molecule has 0 spiro atoms. The second-order valence-corrected chi connectivity index (χ2v) is 5.88. The molecule has 0 amide bonds. The minimum absolute atomic E-state index is 0.683. The molecule has 1 saturated heterocycles. The lowest BCUT2D eigenvalue weighted by Crippen LogP contribution is -2.34. The van der Waals surface area contributed by atoms with E-state index < -0.39 is 0 Å². The SMILES string of the molecule is CCNCc1cnc(C)cc1N1CCCC1C(C)C. The Morgan fingerprint density at radius 2 is 2.26 bits per heavy atom. The summed E-state index contributed by atoms with van der Waals surface area (Å²) in [5, 5.41) is 3.43. The van der Waals surface area contributed by atoms with Crippen LogP contribution in [0.15, 0.2) is 12.3 Å². The third kappa shape index (κ3) is 3.27. The summed E-state index contributed by atoms with van der Waals surface area (Å²) >= 11 is 0. The fourth-order valence-electron chi connectivity index (χ4n) is 3.02. The van der Waals surface area contributed by atoms with Gasteiger partial charge in [0.1, 0.15) is 0 Å². The number of anilines is 1. The van der Waals surface area contributed by atoms with E-state index in [-0.39, 0.29) is 0 Å². The summed E-state index contributed by atoms with van der Waals surface area (Å²) in [6.07, 6.45) is 4.67. The fraction of sp³-hybridized carbons (Fsp3) is 0.688. The Labute approximate surface area is 117 Å². The Morgan fingerprint density at radius 3 is 2.95 bits per heavy atom. The number of nitrogens with zero attached hydrogens (tertiary/aromatic N) is 2. The van der Waals surface area contributed by atoms with Crippen LogP contribution in [0.5, 0.6) is 0 Å². The normalized spacial score (nSPS) is 19.4. The van der Waals surface area contributed by atoms with Crippen molar-refractivity contribution >= 4 is 5.69 Å². The molecule has 3 nitrogen and oxygen atoms in total. The summed E-state index contributed by atoms with van der Waals surface area (Å²) in [7, 11) is 0. The van der Waals surface area contributed by atoms with Gasteiger partial charge in [-0.15, -0.1) is 0 Å². The van der Waals surface area contributed by atoms with E-state index in [1.807, 2.05) is 6.20 Å². The Kier molecular flexibility index (Phi) is 4.81. The summed E-state index contributed by atoms with van der Waals surface area (Å²) < 4.78 is 0. The van der Waals surface area contributed by atoms with Crippen LogP contribution in [0.25, 0.3) is 0 Å². The van der Waals surface area contributed by atoms with E-state index in [4.69, 9.17) is 0 Å². The van der Waals surface area contributed by atoms with Crippen molar-refractivity contribution in [3.8, 4) is 0 Å². The van der Waals surface area contributed by atoms with Crippen LogP contribution in [0, 0.1) is 12.8 Å². The van der Waals surface area contributed by atoms with Gasteiger partial charge in [0.25, 0.3) is 0 Å². The van der Waals surface area contributed by atoms with Crippen LogP contribution < -0.4 is 10.2 Å². The molecule has 1 aliphatic heterocycles. The van der Waals surface area contributed by atoms with Gasteiger partial charge in [-0.25, -0.2) is 0 Å². The number of hydrogen-bond acceptors (Lipinski definition) is 3. The molecule has 0 aliphatic carbocycles. The predicted octanol–water partition coefficient (Wildman–Crippen LogP) is 3.12. The highest BCUT2D eigenvalue weighted by atomic mass is 15.2. The standard InChI is InChI=1S/C16H27N3/c1-5-17-10-14-11-18-13(4)9-16(14)19-8-6-7-15(19)12(2)3/h9,11-12,15,17H,5-8,10H2,1-4H3. The van der Waals surface area contributed by atoms with Gasteiger partial charge in [-0.05, 0) is 38.3 Å². The van der Waals surface area contributed by atoms with E-state index in [1.54, 1.807) is 0 Å². The molecule has 1 aromatic rings. The lowest BCUT2D eigenvalue weighted by molar-refractivity contribution is 0.490. The number of aryl methyl sites for hydroxylation is 1. The highest BCUT2D eigenvalue weighted by Gasteiger charge is 2.28. The van der Waals surface area contributed by atoms with Gasteiger partial charge in [-0.2, -0.15) is 0 Å². The van der Waals surface area contributed by atoms with Gasteiger partial charge in [0.2, 0.25) is 0 Å². The Bertz CT molecular complexity index is 414. The van der Waals surface area contributed by atoms with Gasteiger partial charge >= 0.3 is 0 Å². The van der Waals surface area contributed by atoms with Crippen molar-refractivity contribution in [3.05, 3.63) is 23.5 Å². The van der Waals surface area contributed by atoms with Crippen molar-refractivity contribution in [2.24, 2.45) is 5.92 Å². The van der Waals surface area contributed by atoms with Crippen LogP contribution in [0.2, 0.25) is 0 Å². The maximum absolute atomic E-state index is 4.47. The first-order valence-electron chi connectivity index (χ1n) is 7.56. The smallest absolute Gasteiger partial charge is 0.0448 e. The first-order valence-corrected chi connectivity index (χ1v) is 7.56. The molecule has 1 fully saturated rings. The first-order chi connectivity index (χ1) is 9.13. The lowest BCUT2D eigenvalue weighted by atomic mass is 10.0. The average Bonchev–Trinajstić information content (AvgIpc) is 2.86. The quantitative estimate of drug-likeness (QED) is 0.882. The first kappa shape index (κ1) is 14.3. The molecule has 1 aromatic heterocycles. The summed E-state index contributed by atoms with van der Waals surface area (Å²) in [5.41, 5.74) is 3.84. The van der Waals surface area contributed by atoms with Crippen LogP contribution >= 0.6 is 0 Å². The minimum atomic E-state index is 0.683. The molecule has 0 aromatic carbocycles. The van der Waals surface area contributed by atoms with Crippen LogP contribution in [0.3, 0.4) is 0 Å². The van der Waals surface area contributed by atoms with Crippen molar-refractivity contribution in [3.63, 3.8) is 0 Å². The molecule has 106 valence electrons. The number of hydrogen-bond donors (Lipinski definition) is 1. The van der Waals surface area contributed by atoms with Gasteiger partial charge in [-0.1, -0.05) is 20.8 Å². The van der Waals surface area contributed by atoms with E-state index in [2.05, 4.69) is 49.0 Å². The average molecular weight is 261 g/mol. The third-order valence-corrected chi connectivity index (χ3v) is 4.04. The fourth-order valence-corrected chi connectivity index (χ4v) is 3.02. The largest absolute Gasteiger partial charge is 0.368 e. The van der Waals surface area contributed by atoms with Crippen molar-refractivity contribution < 1.29 is 0 Å². The molecule has 1 unspecified atom stereocenters. The number of pyridine rings is 1. The molecule has 1 N–H and O–H groups in total. The van der Waals surface area contributed by atoms with Crippen molar-refractivity contribution in [1.82, 2.24) is 10.3 Å². The second kappa shape index (κ2) is 6.38. The minimum Gasteiger partial charge on any atom is -0.368 e. The lowest BCUT2D eigenvalue weighted by Gasteiger charge is -2.31. The molecule has 1 atom stereocenters. The molecule has 2 heterocycles. The summed E-state index contributed by atoms with van der Waals surface area (Å²) in [5.74, 6) is 0.711. The molecular formula is C16H27N3. The molecular weight excluding hydrogens is 234 g/mol. The zero-order valence-electron chi connectivity index (χ0n) is 12.7. The second-order valence-electron chi connectivity index (χ2n) is 5.88. The Morgan fingerprint density at radius 1 is 1.47 bits per heavy atom. The zero-order valence-corrected chi connectivity index (χ0v) is 12.7. The molecule has 3 heteroatoms. The summed E-state index contributed by atoms with van der Waals surface area (Å²) in [6, 6.07) is 2.94. The highest BCUT2D eigenvalue weighted by molar-refractivity contribution is 5.55. The van der Waals surface area contributed by atoms with Crippen LogP contribution in [0.4, 0.5) is 5.69 Å².